The molecule has 0 aromatic heterocycles. The summed E-state index contributed by atoms with van der Waals surface area (Å²) in [5, 5.41) is 14.9. The van der Waals surface area contributed by atoms with Gasteiger partial charge in [-0.15, -0.1) is 0 Å². The third kappa shape index (κ3) is 2.02. The topological polar surface area (TPSA) is 61.7 Å². The van der Waals surface area contributed by atoms with Crippen molar-refractivity contribution in [1.29, 1.82) is 0 Å². The minimum Gasteiger partial charge on any atom is -0.411 e. The number of rotatable bonds is 0. The van der Waals surface area contributed by atoms with E-state index in [0.29, 0.717) is 24.2 Å². The molecule has 0 fully saturated rings. The zero-order valence-electron chi connectivity index (χ0n) is 7.83. The Balaban J connectivity index is 2.55. The van der Waals surface area contributed by atoms with E-state index in [4.69, 9.17) is 5.21 Å². The van der Waals surface area contributed by atoms with Crippen LogP contribution < -0.4 is 5.32 Å². The van der Waals surface area contributed by atoms with Gasteiger partial charge in [-0.05, 0) is 18.2 Å². The van der Waals surface area contributed by atoms with Crippen molar-refractivity contribution in [2.24, 2.45) is 5.16 Å². The largest absolute Gasteiger partial charge is 0.411 e. The lowest BCUT2D eigenvalue weighted by Crippen LogP contribution is -2.08. The van der Waals surface area contributed by atoms with Crippen LogP contribution in [0.15, 0.2) is 27.8 Å². The maximum absolute atomic E-state index is 11.3. The van der Waals surface area contributed by atoms with E-state index in [0.717, 1.165) is 10.0 Å². The van der Waals surface area contributed by atoms with Gasteiger partial charge in [-0.2, -0.15) is 0 Å². The Kier molecular flexibility index (Phi) is 2.73. The highest BCUT2D eigenvalue weighted by Crippen LogP contribution is 2.25. The molecule has 0 saturated carbocycles. The number of nitrogens with one attached hydrogen (secondary N) is 1. The molecule has 15 heavy (non-hydrogen) atoms. The number of carbonyl (C=O) groups is 1. The number of oxime groups is 1. The first-order valence-corrected chi connectivity index (χ1v) is 5.30. The van der Waals surface area contributed by atoms with Crippen molar-refractivity contribution in [3.8, 4) is 0 Å². The molecule has 0 unspecified atom stereocenters. The van der Waals surface area contributed by atoms with Crippen molar-refractivity contribution in [3.63, 3.8) is 0 Å². The van der Waals surface area contributed by atoms with Gasteiger partial charge in [-0.1, -0.05) is 21.1 Å². The molecule has 2 N–H and O–H groups in total. The number of hydrogen-bond donors (Lipinski definition) is 2. The monoisotopic (exact) mass is 268 g/mol. The third-order valence-electron chi connectivity index (χ3n) is 2.28. The summed E-state index contributed by atoms with van der Waals surface area (Å²) in [6, 6.07) is 5.45. The second kappa shape index (κ2) is 4.02. The van der Waals surface area contributed by atoms with Gasteiger partial charge in [0, 0.05) is 28.6 Å². The Bertz CT molecular complexity index is 443. The standard InChI is InChI=1S/C10H9BrN2O2/c11-6-1-2-8-7(5-6)9(13-15)3-4-10(14)12-8/h1-2,5,15H,3-4H2,(H,12,14). The average Bonchev–Trinajstić information content (AvgIpc) is 2.37. The molecule has 0 aliphatic carbocycles. The molecule has 1 aliphatic rings. The Morgan fingerprint density at radius 2 is 2.20 bits per heavy atom. The van der Waals surface area contributed by atoms with Crippen LogP contribution in [0.5, 0.6) is 0 Å². The van der Waals surface area contributed by atoms with E-state index in [-0.39, 0.29) is 5.91 Å². The minimum absolute atomic E-state index is 0.0581. The summed E-state index contributed by atoms with van der Waals surface area (Å²) in [7, 11) is 0. The van der Waals surface area contributed by atoms with E-state index in [1.54, 1.807) is 6.07 Å². The predicted octanol–water partition coefficient (Wildman–Crippen LogP) is 2.36. The van der Waals surface area contributed by atoms with Crippen molar-refractivity contribution < 1.29 is 10.0 Å². The first-order valence-electron chi connectivity index (χ1n) is 4.51. The quantitative estimate of drug-likeness (QED) is 0.561. The number of carbonyl (C=O) groups excluding carboxylic acids is 1. The smallest absolute Gasteiger partial charge is 0.224 e. The lowest BCUT2D eigenvalue weighted by atomic mass is 10.1. The number of amides is 1. The molecule has 2 rings (SSSR count). The van der Waals surface area contributed by atoms with Gasteiger partial charge in [0.2, 0.25) is 5.91 Å². The SMILES string of the molecule is O=C1CCC(=NO)c2cc(Br)ccc2N1. The van der Waals surface area contributed by atoms with Gasteiger partial charge >= 0.3 is 0 Å². The predicted molar refractivity (Wildman–Crippen MR) is 60.3 cm³/mol. The van der Waals surface area contributed by atoms with Crippen LogP contribution in [-0.2, 0) is 4.79 Å². The number of anilines is 1. The van der Waals surface area contributed by atoms with Gasteiger partial charge in [-0.3, -0.25) is 4.79 Å². The molecular formula is C10H9BrN2O2. The van der Waals surface area contributed by atoms with Crippen LogP contribution in [0.25, 0.3) is 0 Å². The van der Waals surface area contributed by atoms with E-state index < -0.39 is 0 Å². The summed E-state index contributed by atoms with van der Waals surface area (Å²) in [6.45, 7) is 0. The number of nitrogens with zero attached hydrogens (tertiary/aromatic N) is 1. The van der Waals surface area contributed by atoms with Crippen LogP contribution in [0.2, 0.25) is 0 Å². The molecule has 1 aromatic carbocycles. The third-order valence-corrected chi connectivity index (χ3v) is 2.77. The van der Waals surface area contributed by atoms with E-state index in [9.17, 15) is 4.79 Å². The molecule has 5 heteroatoms. The Hall–Kier alpha value is -1.36. The van der Waals surface area contributed by atoms with E-state index in [1.165, 1.54) is 0 Å². The highest BCUT2D eigenvalue weighted by molar-refractivity contribution is 9.10. The van der Waals surface area contributed by atoms with Gasteiger partial charge in [0.1, 0.15) is 0 Å². The molecule has 0 atom stereocenters. The zero-order valence-corrected chi connectivity index (χ0v) is 9.41. The fraction of sp³-hybridized carbons (Fsp3) is 0.200. The lowest BCUT2D eigenvalue weighted by Gasteiger charge is -2.06. The van der Waals surface area contributed by atoms with Crippen molar-refractivity contribution in [1.82, 2.24) is 0 Å². The molecule has 1 aliphatic heterocycles. The molecule has 0 spiro atoms. The molecule has 0 saturated heterocycles. The lowest BCUT2D eigenvalue weighted by molar-refractivity contribution is -0.116. The normalized spacial score (nSPS) is 18.2. The molecule has 1 aromatic rings. The molecular weight excluding hydrogens is 260 g/mol. The first-order chi connectivity index (χ1) is 7.20. The summed E-state index contributed by atoms with van der Waals surface area (Å²) < 4.78 is 0.888. The van der Waals surface area contributed by atoms with Crippen LogP contribution in [-0.4, -0.2) is 16.8 Å². The highest BCUT2D eigenvalue weighted by Gasteiger charge is 2.18. The Morgan fingerprint density at radius 1 is 1.40 bits per heavy atom. The van der Waals surface area contributed by atoms with E-state index >= 15 is 0 Å². The highest BCUT2D eigenvalue weighted by atomic mass is 79.9. The van der Waals surface area contributed by atoms with Gasteiger partial charge < -0.3 is 10.5 Å². The van der Waals surface area contributed by atoms with Gasteiger partial charge in [0.25, 0.3) is 0 Å². The number of benzene rings is 1. The molecule has 78 valence electrons. The van der Waals surface area contributed by atoms with E-state index in [2.05, 4.69) is 26.4 Å². The maximum Gasteiger partial charge on any atom is 0.224 e. The van der Waals surface area contributed by atoms with Crippen molar-refractivity contribution in [2.75, 3.05) is 5.32 Å². The van der Waals surface area contributed by atoms with Crippen molar-refractivity contribution >= 4 is 33.2 Å². The fourth-order valence-corrected chi connectivity index (χ4v) is 1.91. The molecule has 1 heterocycles. The second-order valence-electron chi connectivity index (χ2n) is 3.28. The van der Waals surface area contributed by atoms with Crippen LogP contribution in [0.3, 0.4) is 0 Å². The van der Waals surface area contributed by atoms with Crippen LogP contribution in [0.4, 0.5) is 5.69 Å². The summed E-state index contributed by atoms with van der Waals surface area (Å²) in [4.78, 5) is 11.3. The Labute approximate surface area is 95.1 Å². The van der Waals surface area contributed by atoms with Crippen molar-refractivity contribution in [2.45, 2.75) is 12.8 Å². The fourth-order valence-electron chi connectivity index (χ4n) is 1.55. The molecule has 0 radical (unpaired) electrons. The average molecular weight is 269 g/mol. The maximum atomic E-state index is 11.3. The van der Waals surface area contributed by atoms with Crippen LogP contribution >= 0.6 is 15.9 Å². The molecule has 1 amide bonds. The number of hydrogen-bond acceptors (Lipinski definition) is 3. The molecule has 4 nitrogen and oxygen atoms in total. The minimum atomic E-state index is -0.0581. The van der Waals surface area contributed by atoms with Crippen LogP contribution in [0.1, 0.15) is 18.4 Å². The van der Waals surface area contributed by atoms with Crippen molar-refractivity contribution in [3.05, 3.63) is 28.2 Å². The number of fused-ring (bicyclic) bond motifs is 1. The van der Waals surface area contributed by atoms with Gasteiger partial charge in [-0.25, -0.2) is 0 Å². The second-order valence-corrected chi connectivity index (χ2v) is 4.20. The van der Waals surface area contributed by atoms with Gasteiger partial charge in [0.15, 0.2) is 0 Å². The Morgan fingerprint density at radius 3 is 2.93 bits per heavy atom. The summed E-state index contributed by atoms with van der Waals surface area (Å²) >= 11 is 3.34. The van der Waals surface area contributed by atoms with E-state index in [1.807, 2.05) is 12.1 Å². The van der Waals surface area contributed by atoms with Gasteiger partial charge in [0.05, 0.1) is 5.71 Å². The summed E-state index contributed by atoms with van der Waals surface area (Å²) in [6.07, 6.45) is 0.789. The number of halogens is 1. The first kappa shape index (κ1) is 10.2. The zero-order chi connectivity index (χ0) is 10.8. The van der Waals surface area contributed by atoms with Crippen LogP contribution in [0, 0.1) is 0 Å². The summed E-state index contributed by atoms with van der Waals surface area (Å²) in [5.74, 6) is -0.0581. The summed E-state index contributed by atoms with van der Waals surface area (Å²) in [5.41, 5.74) is 1.98. The molecule has 0 bridgehead atoms.